The van der Waals surface area contributed by atoms with Crippen molar-refractivity contribution in [2.75, 3.05) is 5.32 Å². The zero-order valence-corrected chi connectivity index (χ0v) is 13.0. The third-order valence-corrected chi connectivity index (χ3v) is 4.00. The molecule has 0 saturated carbocycles. The van der Waals surface area contributed by atoms with Crippen molar-refractivity contribution in [3.05, 3.63) is 69.7 Å². The van der Waals surface area contributed by atoms with Gasteiger partial charge >= 0.3 is 0 Å². The molecular formula is C14H10Cl2N4S. The molecule has 0 unspecified atom stereocenters. The molecule has 3 rings (SSSR count). The molecule has 0 aliphatic rings. The van der Waals surface area contributed by atoms with Crippen LogP contribution in [-0.2, 0) is 0 Å². The summed E-state index contributed by atoms with van der Waals surface area (Å²) in [4.78, 5) is 0. The summed E-state index contributed by atoms with van der Waals surface area (Å²) in [6.45, 7) is 0. The van der Waals surface area contributed by atoms with Gasteiger partial charge in [0.05, 0.1) is 6.04 Å². The summed E-state index contributed by atoms with van der Waals surface area (Å²) in [6, 6.07) is 15.3. The van der Waals surface area contributed by atoms with Crippen molar-refractivity contribution in [1.29, 1.82) is 0 Å². The number of anilines is 1. The largest absolute Gasteiger partial charge is 0.348 e. The summed E-state index contributed by atoms with van der Waals surface area (Å²) in [5.74, 6) is 0. The molecule has 0 aliphatic heterocycles. The van der Waals surface area contributed by atoms with Crippen molar-refractivity contribution >= 4 is 39.9 Å². The molecule has 1 N–H and O–H groups in total. The second-order valence-corrected chi connectivity index (χ2v) is 5.95. The van der Waals surface area contributed by atoms with E-state index in [0.717, 1.165) is 11.1 Å². The molecule has 21 heavy (non-hydrogen) atoms. The summed E-state index contributed by atoms with van der Waals surface area (Å²) >= 11 is 13.1. The van der Waals surface area contributed by atoms with E-state index in [1.165, 1.54) is 11.5 Å². The second kappa shape index (κ2) is 6.39. The number of nitrogens with one attached hydrogen (secondary N) is 1. The number of benzene rings is 2. The van der Waals surface area contributed by atoms with Gasteiger partial charge in [0, 0.05) is 21.6 Å². The van der Waals surface area contributed by atoms with E-state index in [0.29, 0.717) is 15.2 Å². The molecule has 7 heteroatoms. The maximum absolute atomic E-state index is 5.96. The van der Waals surface area contributed by atoms with Gasteiger partial charge in [-0.25, -0.2) is 0 Å². The predicted octanol–water partition coefficient (Wildman–Crippen LogP) is 4.44. The second-order valence-electron chi connectivity index (χ2n) is 4.35. The Kier molecular flexibility index (Phi) is 4.34. The van der Waals surface area contributed by atoms with Gasteiger partial charge < -0.3 is 5.32 Å². The zero-order chi connectivity index (χ0) is 14.7. The van der Waals surface area contributed by atoms with Gasteiger partial charge in [-0.15, -0.1) is 0 Å². The number of rotatable bonds is 4. The monoisotopic (exact) mass is 336 g/mol. The van der Waals surface area contributed by atoms with Gasteiger partial charge in [0.2, 0.25) is 5.13 Å². The molecule has 0 atom stereocenters. The van der Waals surface area contributed by atoms with E-state index in [1.54, 1.807) is 0 Å². The molecule has 1 heterocycles. The molecule has 0 amide bonds. The molecular weight excluding hydrogens is 327 g/mol. The Bertz CT molecular complexity index is 653. The summed E-state index contributed by atoms with van der Waals surface area (Å²) in [5, 5.41) is 12.9. The fourth-order valence-corrected chi connectivity index (χ4v) is 2.63. The maximum atomic E-state index is 5.96. The van der Waals surface area contributed by atoms with Crippen LogP contribution in [0.3, 0.4) is 0 Å². The Morgan fingerprint density at radius 3 is 1.81 bits per heavy atom. The third-order valence-electron chi connectivity index (χ3n) is 2.97. The fraction of sp³-hybridized carbons (Fsp3) is 0.0714. The maximum Gasteiger partial charge on any atom is 0.226 e. The lowest BCUT2D eigenvalue weighted by Crippen LogP contribution is -2.12. The van der Waals surface area contributed by atoms with Gasteiger partial charge in [-0.1, -0.05) is 57.1 Å². The first-order valence-corrected chi connectivity index (χ1v) is 7.68. The highest BCUT2D eigenvalue weighted by atomic mass is 35.5. The van der Waals surface area contributed by atoms with Gasteiger partial charge in [0.15, 0.2) is 0 Å². The molecule has 3 aromatic rings. The number of nitrogens with zero attached hydrogens (tertiary/aromatic N) is 3. The molecule has 0 saturated heterocycles. The van der Waals surface area contributed by atoms with Crippen molar-refractivity contribution in [2.45, 2.75) is 6.04 Å². The Balaban J connectivity index is 1.97. The van der Waals surface area contributed by atoms with Crippen molar-refractivity contribution in [2.24, 2.45) is 0 Å². The fourth-order valence-electron chi connectivity index (χ4n) is 1.98. The normalized spacial score (nSPS) is 10.8. The van der Waals surface area contributed by atoms with Crippen LogP contribution in [0, 0.1) is 0 Å². The molecule has 0 spiro atoms. The zero-order valence-electron chi connectivity index (χ0n) is 10.7. The molecule has 0 bridgehead atoms. The average Bonchev–Trinajstić information content (AvgIpc) is 3.00. The SMILES string of the molecule is Clc1ccc(C(Nc2nnns2)c2ccc(Cl)cc2)cc1. The average molecular weight is 337 g/mol. The first-order valence-electron chi connectivity index (χ1n) is 6.15. The highest BCUT2D eigenvalue weighted by Crippen LogP contribution is 2.28. The number of hydrogen-bond donors (Lipinski definition) is 1. The first-order chi connectivity index (χ1) is 10.2. The third kappa shape index (κ3) is 3.50. The van der Waals surface area contributed by atoms with Crippen molar-refractivity contribution < 1.29 is 0 Å². The molecule has 106 valence electrons. The molecule has 0 radical (unpaired) electrons. The summed E-state index contributed by atoms with van der Waals surface area (Å²) in [6.07, 6.45) is 0. The molecule has 1 aromatic heterocycles. The molecule has 2 aromatic carbocycles. The van der Waals surface area contributed by atoms with Crippen LogP contribution in [0.25, 0.3) is 0 Å². The summed E-state index contributed by atoms with van der Waals surface area (Å²) in [5.41, 5.74) is 2.13. The highest BCUT2D eigenvalue weighted by Gasteiger charge is 2.15. The number of hydrogen-bond acceptors (Lipinski definition) is 5. The van der Waals surface area contributed by atoms with Crippen LogP contribution in [0.15, 0.2) is 48.5 Å². The summed E-state index contributed by atoms with van der Waals surface area (Å²) in [7, 11) is 0. The molecule has 0 fully saturated rings. The van der Waals surface area contributed by atoms with Crippen LogP contribution >= 0.6 is 34.7 Å². The quantitative estimate of drug-likeness (QED) is 0.765. The van der Waals surface area contributed by atoms with Crippen molar-refractivity contribution in [3.8, 4) is 0 Å². The predicted molar refractivity (Wildman–Crippen MR) is 86.1 cm³/mol. The van der Waals surface area contributed by atoms with Crippen LogP contribution < -0.4 is 5.32 Å². The van der Waals surface area contributed by atoms with E-state index < -0.39 is 0 Å². The Morgan fingerprint density at radius 2 is 1.38 bits per heavy atom. The van der Waals surface area contributed by atoms with E-state index in [1.807, 2.05) is 48.5 Å². The number of halogens is 2. The van der Waals surface area contributed by atoms with E-state index in [-0.39, 0.29) is 6.04 Å². The van der Waals surface area contributed by atoms with Crippen molar-refractivity contribution in [1.82, 2.24) is 14.8 Å². The standard InChI is InChI=1S/C14H10Cl2N4S/c15-11-5-1-9(2-6-11)13(17-14-18-19-20-21-14)10-3-7-12(16)8-4-10/h1-8,13H,(H,17,18,20). The molecule has 0 aliphatic carbocycles. The number of aromatic nitrogens is 3. The van der Waals surface area contributed by atoms with Crippen molar-refractivity contribution in [3.63, 3.8) is 0 Å². The van der Waals surface area contributed by atoms with Crippen LogP contribution in [-0.4, -0.2) is 14.8 Å². The van der Waals surface area contributed by atoms with Crippen LogP contribution in [0.5, 0.6) is 0 Å². The Hall–Kier alpha value is -1.69. The van der Waals surface area contributed by atoms with Crippen LogP contribution in [0.2, 0.25) is 10.0 Å². The lowest BCUT2D eigenvalue weighted by atomic mass is 9.99. The van der Waals surface area contributed by atoms with E-state index in [2.05, 4.69) is 20.1 Å². The molecule has 4 nitrogen and oxygen atoms in total. The van der Waals surface area contributed by atoms with E-state index in [9.17, 15) is 0 Å². The van der Waals surface area contributed by atoms with Gasteiger partial charge in [-0.05, 0) is 40.6 Å². The Labute approximate surface area is 135 Å². The minimum atomic E-state index is -0.0747. The van der Waals surface area contributed by atoms with E-state index in [4.69, 9.17) is 23.2 Å². The lowest BCUT2D eigenvalue weighted by molar-refractivity contribution is 0.903. The first kappa shape index (κ1) is 14.3. The van der Waals surface area contributed by atoms with E-state index >= 15 is 0 Å². The van der Waals surface area contributed by atoms with Gasteiger partial charge in [-0.2, -0.15) is 0 Å². The Morgan fingerprint density at radius 1 is 0.857 bits per heavy atom. The smallest absolute Gasteiger partial charge is 0.226 e. The lowest BCUT2D eigenvalue weighted by Gasteiger charge is -2.19. The minimum absolute atomic E-state index is 0.0747. The van der Waals surface area contributed by atoms with Gasteiger partial charge in [-0.3, -0.25) is 0 Å². The van der Waals surface area contributed by atoms with Gasteiger partial charge in [0.1, 0.15) is 0 Å². The topological polar surface area (TPSA) is 50.7 Å². The highest BCUT2D eigenvalue weighted by molar-refractivity contribution is 7.09. The minimum Gasteiger partial charge on any atom is -0.348 e. The summed E-state index contributed by atoms with van der Waals surface area (Å²) < 4.78 is 3.77. The van der Waals surface area contributed by atoms with Crippen LogP contribution in [0.4, 0.5) is 5.13 Å². The van der Waals surface area contributed by atoms with Crippen LogP contribution in [0.1, 0.15) is 17.2 Å². The van der Waals surface area contributed by atoms with Gasteiger partial charge in [0.25, 0.3) is 0 Å².